The molecule has 0 atom stereocenters. The maximum atomic E-state index is 12.5. The van der Waals surface area contributed by atoms with Crippen molar-refractivity contribution in [1.29, 1.82) is 5.26 Å². The van der Waals surface area contributed by atoms with E-state index in [9.17, 15) is 22.0 Å². The Kier molecular flexibility index (Phi) is 4.71. The zero-order valence-corrected chi connectivity index (χ0v) is 10.0. The average Bonchev–Trinajstić information content (AvgIpc) is 2.29. The minimum Gasteiger partial charge on any atom is -0.370 e. The van der Waals surface area contributed by atoms with Crippen molar-refractivity contribution in [2.75, 3.05) is 6.61 Å². The topological polar surface area (TPSA) is 33.0 Å². The molecule has 0 heterocycles. The summed E-state index contributed by atoms with van der Waals surface area (Å²) in [5.41, 5.74) is 0.466. The Bertz CT molecular complexity index is 495. The van der Waals surface area contributed by atoms with Crippen molar-refractivity contribution < 1.29 is 26.7 Å². The maximum absolute atomic E-state index is 12.5. The molecular formula is C11H7ClF5NO. The summed E-state index contributed by atoms with van der Waals surface area (Å²) in [6.45, 7) is -2.29. The summed E-state index contributed by atoms with van der Waals surface area (Å²) in [4.78, 5) is 0. The SMILES string of the molecule is N#Cc1ccc(COCC(F)(F)C(F)(F)F)c(Cl)c1. The number of nitriles is 1. The van der Waals surface area contributed by atoms with E-state index in [1.54, 1.807) is 6.07 Å². The molecule has 0 saturated carbocycles. The van der Waals surface area contributed by atoms with E-state index in [0.717, 1.165) is 0 Å². The van der Waals surface area contributed by atoms with Crippen LogP contribution in [0.5, 0.6) is 0 Å². The normalized spacial score (nSPS) is 12.3. The number of ether oxygens (including phenoxy) is 1. The largest absolute Gasteiger partial charge is 0.455 e. The van der Waals surface area contributed by atoms with Gasteiger partial charge in [-0.2, -0.15) is 27.2 Å². The van der Waals surface area contributed by atoms with Gasteiger partial charge in [-0.05, 0) is 17.7 Å². The van der Waals surface area contributed by atoms with Crippen LogP contribution in [0.2, 0.25) is 5.02 Å². The van der Waals surface area contributed by atoms with E-state index in [2.05, 4.69) is 4.74 Å². The molecule has 0 radical (unpaired) electrons. The second kappa shape index (κ2) is 5.72. The lowest BCUT2D eigenvalue weighted by molar-refractivity contribution is -0.297. The number of nitrogens with zero attached hydrogens (tertiary/aromatic N) is 1. The first-order valence-corrected chi connectivity index (χ1v) is 5.26. The van der Waals surface area contributed by atoms with Gasteiger partial charge in [-0.3, -0.25) is 0 Å². The van der Waals surface area contributed by atoms with Crippen molar-refractivity contribution in [2.45, 2.75) is 18.7 Å². The summed E-state index contributed by atoms with van der Waals surface area (Å²) in [5.74, 6) is -4.91. The molecule has 0 fully saturated rings. The highest BCUT2D eigenvalue weighted by Crippen LogP contribution is 2.35. The molecule has 0 unspecified atom stereocenters. The average molecular weight is 300 g/mol. The van der Waals surface area contributed by atoms with Crippen molar-refractivity contribution in [2.24, 2.45) is 0 Å². The molecule has 1 aromatic carbocycles. The highest BCUT2D eigenvalue weighted by molar-refractivity contribution is 6.31. The first-order chi connectivity index (χ1) is 8.67. The molecule has 0 aromatic heterocycles. The van der Waals surface area contributed by atoms with Crippen molar-refractivity contribution >= 4 is 11.6 Å². The van der Waals surface area contributed by atoms with Crippen LogP contribution in [-0.4, -0.2) is 18.7 Å². The van der Waals surface area contributed by atoms with Gasteiger partial charge in [0.1, 0.15) is 6.61 Å². The second-order valence-corrected chi connectivity index (χ2v) is 4.02. The molecule has 8 heteroatoms. The number of hydrogen-bond acceptors (Lipinski definition) is 2. The molecule has 0 amide bonds. The van der Waals surface area contributed by atoms with Gasteiger partial charge in [-0.15, -0.1) is 0 Å². The van der Waals surface area contributed by atoms with Gasteiger partial charge in [0.05, 0.1) is 18.2 Å². The van der Waals surface area contributed by atoms with E-state index >= 15 is 0 Å². The Labute approximate surface area is 110 Å². The molecular weight excluding hydrogens is 293 g/mol. The summed E-state index contributed by atoms with van der Waals surface area (Å²) in [6, 6.07) is 5.75. The van der Waals surface area contributed by atoms with Gasteiger partial charge in [-0.25, -0.2) is 0 Å². The maximum Gasteiger partial charge on any atom is 0.455 e. The highest BCUT2D eigenvalue weighted by atomic mass is 35.5. The summed E-state index contributed by atoms with van der Waals surface area (Å²) >= 11 is 5.71. The summed E-state index contributed by atoms with van der Waals surface area (Å²) in [6.07, 6.45) is -5.65. The van der Waals surface area contributed by atoms with E-state index in [-0.39, 0.29) is 16.1 Å². The number of benzene rings is 1. The van der Waals surface area contributed by atoms with Gasteiger partial charge in [0.2, 0.25) is 0 Å². The third-order valence-corrected chi connectivity index (χ3v) is 2.49. The Morgan fingerprint density at radius 3 is 2.32 bits per heavy atom. The van der Waals surface area contributed by atoms with Crippen LogP contribution in [0.3, 0.4) is 0 Å². The fraction of sp³-hybridized carbons (Fsp3) is 0.364. The molecule has 0 N–H and O–H groups in total. The molecule has 104 valence electrons. The Balaban J connectivity index is 2.62. The zero-order valence-electron chi connectivity index (χ0n) is 9.27. The van der Waals surface area contributed by atoms with Gasteiger partial charge < -0.3 is 4.74 Å². The predicted octanol–water partition coefficient (Wildman–Crippen LogP) is 3.93. The Hall–Kier alpha value is -1.39. The van der Waals surface area contributed by atoms with Crippen LogP contribution in [0.4, 0.5) is 22.0 Å². The van der Waals surface area contributed by atoms with E-state index in [1.807, 2.05) is 0 Å². The van der Waals surface area contributed by atoms with Crippen molar-refractivity contribution in [3.63, 3.8) is 0 Å². The molecule has 1 rings (SSSR count). The fourth-order valence-electron chi connectivity index (χ4n) is 1.10. The molecule has 0 spiro atoms. The van der Waals surface area contributed by atoms with E-state index in [0.29, 0.717) is 0 Å². The van der Waals surface area contributed by atoms with Gasteiger partial charge in [-0.1, -0.05) is 17.7 Å². The molecule has 0 aliphatic heterocycles. The number of halogens is 6. The minimum atomic E-state index is -5.65. The zero-order chi connectivity index (χ0) is 14.7. The quantitative estimate of drug-likeness (QED) is 0.789. The standard InChI is InChI=1S/C11H7ClF5NO/c12-9-3-7(4-18)1-2-8(9)5-19-6-10(13,14)11(15,16)17/h1-3H,5-6H2. The van der Waals surface area contributed by atoms with Gasteiger partial charge >= 0.3 is 12.1 Å². The number of rotatable bonds is 4. The second-order valence-electron chi connectivity index (χ2n) is 3.61. The van der Waals surface area contributed by atoms with Crippen molar-refractivity contribution in [3.8, 4) is 6.07 Å². The number of hydrogen-bond donors (Lipinski definition) is 0. The smallest absolute Gasteiger partial charge is 0.370 e. The first kappa shape index (κ1) is 15.7. The van der Waals surface area contributed by atoms with Crippen LogP contribution in [0.15, 0.2) is 18.2 Å². The monoisotopic (exact) mass is 299 g/mol. The van der Waals surface area contributed by atoms with Crippen LogP contribution in [0.1, 0.15) is 11.1 Å². The summed E-state index contributed by atoms with van der Waals surface area (Å²) < 4.78 is 64.9. The lowest BCUT2D eigenvalue weighted by Crippen LogP contribution is -2.40. The lowest BCUT2D eigenvalue weighted by Gasteiger charge is -2.19. The molecule has 19 heavy (non-hydrogen) atoms. The molecule has 0 aliphatic rings. The third kappa shape index (κ3) is 4.04. The summed E-state index contributed by atoms with van der Waals surface area (Å²) in [7, 11) is 0. The van der Waals surface area contributed by atoms with Crippen LogP contribution >= 0.6 is 11.6 Å². The van der Waals surface area contributed by atoms with Gasteiger partial charge in [0.15, 0.2) is 0 Å². The highest BCUT2D eigenvalue weighted by Gasteiger charge is 2.57. The fourth-order valence-corrected chi connectivity index (χ4v) is 1.34. The lowest BCUT2D eigenvalue weighted by atomic mass is 10.1. The van der Waals surface area contributed by atoms with E-state index < -0.39 is 25.3 Å². The summed E-state index contributed by atoms with van der Waals surface area (Å²) in [5, 5.41) is 8.63. The Morgan fingerprint density at radius 1 is 1.21 bits per heavy atom. The van der Waals surface area contributed by atoms with Crippen molar-refractivity contribution in [3.05, 3.63) is 34.3 Å². The van der Waals surface area contributed by atoms with Crippen LogP contribution < -0.4 is 0 Å². The van der Waals surface area contributed by atoms with Crippen LogP contribution in [-0.2, 0) is 11.3 Å². The van der Waals surface area contributed by atoms with Crippen LogP contribution in [0, 0.1) is 11.3 Å². The molecule has 1 aromatic rings. The molecule has 0 bridgehead atoms. The van der Waals surface area contributed by atoms with Gasteiger partial charge in [0, 0.05) is 5.02 Å². The Morgan fingerprint density at radius 2 is 1.84 bits per heavy atom. The first-order valence-electron chi connectivity index (χ1n) is 4.88. The van der Waals surface area contributed by atoms with E-state index in [1.165, 1.54) is 18.2 Å². The van der Waals surface area contributed by atoms with E-state index in [4.69, 9.17) is 16.9 Å². The molecule has 2 nitrogen and oxygen atoms in total. The van der Waals surface area contributed by atoms with Gasteiger partial charge in [0.25, 0.3) is 0 Å². The third-order valence-electron chi connectivity index (χ3n) is 2.14. The number of alkyl halides is 5. The molecule has 0 saturated heterocycles. The predicted molar refractivity (Wildman–Crippen MR) is 56.8 cm³/mol. The molecule has 0 aliphatic carbocycles. The minimum absolute atomic E-state index is 0.0642. The van der Waals surface area contributed by atoms with Crippen molar-refractivity contribution in [1.82, 2.24) is 0 Å². The van der Waals surface area contributed by atoms with Crippen LogP contribution in [0.25, 0.3) is 0 Å².